The fraction of sp³-hybridized carbons (Fsp3) is 0.583. The van der Waals surface area contributed by atoms with Crippen molar-refractivity contribution in [1.29, 1.82) is 5.41 Å². The number of allylic oxidation sites excluding steroid dienone is 2. The Morgan fingerprint density at radius 2 is 2.00 bits per heavy atom. The SMILES string of the molecule is C=C/C(NC1CCCCC1)=C(\Br)C(C)=N. The number of hydrogen-bond donors (Lipinski definition) is 2. The molecule has 1 rings (SSSR count). The van der Waals surface area contributed by atoms with E-state index in [1.807, 2.05) is 0 Å². The topological polar surface area (TPSA) is 35.9 Å². The van der Waals surface area contributed by atoms with E-state index in [9.17, 15) is 0 Å². The quantitative estimate of drug-likeness (QED) is 0.593. The molecule has 0 atom stereocenters. The van der Waals surface area contributed by atoms with Gasteiger partial charge in [-0.25, -0.2) is 0 Å². The van der Waals surface area contributed by atoms with E-state index in [-0.39, 0.29) is 0 Å². The highest BCUT2D eigenvalue weighted by atomic mass is 79.9. The van der Waals surface area contributed by atoms with E-state index in [1.54, 1.807) is 13.0 Å². The summed E-state index contributed by atoms with van der Waals surface area (Å²) < 4.78 is 0.822. The summed E-state index contributed by atoms with van der Waals surface area (Å²) in [5.74, 6) is 0. The van der Waals surface area contributed by atoms with E-state index >= 15 is 0 Å². The maximum absolute atomic E-state index is 7.56. The molecule has 0 heterocycles. The number of halogens is 1. The van der Waals surface area contributed by atoms with Crippen molar-refractivity contribution in [2.24, 2.45) is 0 Å². The van der Waals surface area contributed by atoms with E-state index in [0.717, 1.165) is 10.2 Å². The lowest BCUT2D eigenvalue weighted by atomic mass is 9.95. The van der Waals surface area contributed by atoms with Crippen molar-refractivity contribution in [2.45, 2.75) is 45.1 Å². The van der Waals surface area contributed by atoms with Gasteiger partial charge < -0.3 is 10.7 Å². The highest BCUT2D eigenvalue weighted by molar-refractivity contribution is 9.12. The van der Waals surface area contributed by atoms with Gasteiger partial charge in [0.05, 0.1) is 4.48 Å². The van der Waals surface area contributed by atoms with Crippen LogP contribution in [0.15, 0.2) is 22.8 Å². The lowest BCUT2D eigenvalue weighted by Crippen LogP contribution is -2.30. The van der Waals surface area contributed by atoms with E-state index in [2.05, 4.69) is 27.8 Å². The van der Waals surface area contributed by atoms with Gasteiger partial charge in [-0.1, -0.05) is 25.8 Å². The Hall–Kier alpha value is -0.570. The van der Waals surface area contributed by atoms with Crippen molar-refractivity contribution >= 4 is 21.6 Å². The van der Waals surface area contributed by atoms with Crippen LogP contribution >= 0.6 is 15.9 Å². The molecule has 84 valence electrons. The predicted molar refractivity (Wildman–Crippen MR) is 69.6 cm³/mol. The Labute approximate surface area is 100 Å². The fourth-order valence-corrected chi connectivity index (χ4v) is 2.16. The molecule has 1 saturated carbocycles. The Kier molecular flexibility index (Phi) is 5.09. The standard InChI is InChI=1S/C12H19BrN2/c1-3-11(12(13)9(2)14)15-10-7-5-4-6-8-10/h3,10,14-15H,1,4-8H2,2H3/b12-11+,14-9?. The second-order valence-electron chi connectivity index (χ2n) is 4.04. The first-order chi connectivity index (χ1) is 7.15. The van der Waals surface area contributed by atoms with Gasteiger partial charge in [0.25, 0.3) is 0 Å². The lowest BCUT2D eigenvalue weighted by Gasteiger charge is -2.24. The molecule has 0 bridgehead atoms. The van der Waals surface area contributed by atoms with Gasteiger partial charge in [0.1, 0.15) is 0 Å². The normalized spacial score (nSPS) is 19.3. The highest BCUT2D eigenvalue weighted by Crippen LogP contribution is 2.20. The van der Waals surface area contributed by atoms with Crippen LogP contribution in [0.25, 0.3) is 0 Å². The van der Waals surface area contributed by atoms with Crippen LogP contribution < -0.4 is 5.32 Å². The molecular weight excluding hydrogens is 252 g/mol. The van der Waals surface area contributed by atoms with E-state index < -0.39 is 0 Å². The molecular formula is C12H19BrN2. The molecule has 0 saturated heterocycles. The highest BCUT2D eigenvalue weighted by Gasteiger charge is 2.14. The average molecular weight is 271 g/mol. The molecule has 15 heavy (non-hydrogen) atoms. The van der Waals surface area contributed by atoms with E-state index in [1.165, 1.54) is 32.1 Å². The zero-order valence-electron chi connectivity index (χ0n) is 9.28. The molecule has 1 aliphatic rings. The smallest absolute Gasteiger partial charge is 0.0611 e. The van der Waals surface area contributed by atoms with Gasteiger partial charge in [0.2, 0.25) is 0 Å². The summed E-state index contributed by atoms with van der Waals surface area (Å²) in [6.07, 6.45) is 8.22. The van der Waals surface area contributed by atoms with Crippen molar-refractivity contribution in [1.82, 2.24) is 5.32 Å². The Morgan fingerprint density at radius 1 is 1.40 bits per heavy atom. The van der Waals surface area contributed by atoms with Gasteiger partial charge in [-0.05, 0) is 41.8 Å². The fourth-order valence-electron chi connectivity index (χ4n) is 1.88. The molecule has 0 radical (unpaired) electrons. The molecule has 0 amide bonds. The summed E-state index contributed by atoms with van der Waals surface area (Å²) in [5, 5.41) is 11.0. The summed E-state index contributed by atoms with van der Waals surface area (Å²) >= 11 is 3.42. The van der Waals surface area contributed by atoms with Gasteiger partial charge in [0.15, 0.2) is 0 Å². The Morgan fingerprint density at radius 3 is 2.47 bits per heavy atom. The van der Waals surface area contributed by atoms with Crippen LogP contribution in [0.2, 0.25) is 0 Å². The second kappa shape index (κ2) is 6.11. The minimum atomic E-state index is 0.535. The number of nitrogens with one attached hydrogen (secondary N) is 2. The third kappa shape index (κ3) is 3.82. The van der Waals surface area contributed by atoms with Crippen LogP contribution in [0.4, 0.5) is 0 Å². The molecule has 3 heteroatoms. The molecule has 0 spiro atoms. The molecule has 0 aromatic rings. The maximum Gasteiger partial charge on any atom is 0.0611 e. The van der Waals surface area contributed by atoms with E-state index in [0.29, 0.717) is 11.8 Å². The van der Waals surface area contributed by atoms with Gasteiger partial charge in [-0.2, -0.15) is 0 Å². The molecule has 1 fully saturated rings. The predicted octanol–water partition coefficient (Wildman–Crippen LogP) is 3.74. The molecule has 0 aromatic heterocycles. The first-order valence-electron chi connectivity index (χ1n) is 5.49. The van der Waals surface area contributed by atoms with Crippen LogP contribution in [0.3, 0.4) is 0 Å². The summed E-state index contributed by atoms with van der Waals surface area (Å²) in [6.45, 7) is 5.56. The third-order valence-corrected chi connectivity index (χ3v) is 3.76. The van der Waals surface area contributed by atoms with Crippen LogP contribution in [0.1, 0.15) is 39.0 Å². The molecule has 1 aliphatic carbocycles. The molecule has 2 N–H and O–H groups in total. The van der Waals surface area contributed by atoms with E-state index in [4.69, 9.17) is 5.41 Å². The number of rotatable bonds is 4. The minimum Gasteiger partial charge on any atom is -0.381 e. The van der Waals surface area contributed by atoms with Gasteiger partial charge in [0, 0.05) is 17.5 Å². The van der Waals surface area contributed by atoms with Gasteiger partial charge in [-0.15, -0.1) is 0 Å². The zero-order valence-corrected chi connectivity index (χ0v) is 10.9. The summed E-state index contributed by atoms with van der Waals surface area (Å²) in [5.41, 5.74) is 1.49. The lowest BCUT2D eigenvalue weighted by molar-refractivity contribution is 0.399. The maximum atomic E-state index is 7.56. The summed E-state index contributed by atoms with van der Waals surface area (Å²) in [7, 11) is 0. The van der Waals surface area contributed by atoms with Crippen LogP contribution in [0.5, 0.6) is 0 Å². The molecule has 2 nitrogen and oxygen atoms in total. The Bertz CT molecular complexity index is 275. The van der Waals surface area contributed by atoms with Gasteiger partial charge in [-0.3, -0.25) is 0 Å². The van der Waals surface area contributed by atoms with Crippen molar-refractivity contribution in [3.63, 3.8) is 0 Å². The van der Waals surface area contributed by atoms with Gasteiger partial charge >= 0.3 is 0 Å². The third-order valence-electron chi connectivity index (χ3n) is 2.73. The van der Waals surface area contributed by atoms with Crippen LogP contribution in [-0.2, 0) is 0 Å². The monoisotopic (exact) mass is 270 g/mol. The van der Waals surface area contributed by atoms with Crippen molar-refractivity contribution in [2.75, 3.05) is 0 Å². The first-order valence-corrected chi connectivity index (χ1v) is 6.28. The average Bonchev–Trinajstić information content (AvgIpc) is 2.26. The summed E-state index contributed by atoms with van der Waals surface area (Å²) in [4.78, 5) is 0. The largest absolute Gasteiger partial charge is 0.381 e. The first kappa shape index (κ1) is 12.5. The second-order valence-corrected chi connectivity index (χ2v) is 4.83. The van der Waals surface area contributed by atoms with Crippen LogP contribution in [0, 0.1) is 5.41 Å². The Balaban J connectivity index is 2.63. The van der Waals surface area contributed by atoms with Crippen molar-refractivity contribution < 1.29 is 0 Å². The van der Waals surface area contributed by atoms with Crippen LogP contribution in [-0.4, -0.2) is 11.8 Å². The molecule has 0 aromatic carbocycles. The van der Waals surface area contributed by atoms with Crippen molar-refractivity contribution in [3.8, 4) is 0 Å². The number of hydrogen-bond acceptors (Lipinski definition) is 2. The minimum absolute atomic E-state index is 0.535. The molecule has 0 aliphatic heterocycles. The summed E-state index contributed by atoms with van der Waals surface area (Å²) in [6, 6.07) is 0.554. The zero-order chi connectivity index (χ0) is 11.3. The molecule has 0 unspecified atom stereocenters. The van der Waals surface area contributed by atoms with Crippen molar-refractivity contribution in [3.05, 3.63) is 22.8 Å².